The van der Waals surface area contributed by atoms with Crippen molar-refractivity contribution in [3.05, 3.63) is 158 Å². The topological polar surface area (TPSA) is 64.7 Å². The van der Waals surface area contributed by atoms with E-state index in [1.807, 2.05) is 66.9 Å². The van der Waals surface area contributed by atoms with Crippen LogP contribution in [0, 0.1) is 0 Å². The molecule has 0 spiro atoms. The van der Waals surface area contributed by atoms with Gasteiger partial charge in [-0.05, 0) is 58.7 Å². The Kier molecular flexibility index (Phi) is 6.39. The van der Waals surface area contributed by atoms with Crippen LogP contribution in [0.25, 0.3) is 89.1 Å². The van der Waals surface area contributed by atoms with E-state index in [1.54, 1.807) is 6.20 Å². The van der Waals surface area contributed by atoms with Gasteiger partial charge in [0, 0.05) is 45.2 Å². The van der Waals surface area contributed by atoms with E-state index in [1.165, 1.54) is 0 Å². The molecule has 5 aromatic carbocycles. The van der Waals surface area contributed by atoms with Gasteiger partial charge in [0.15, 0.2) is 5.82 Å². The second-order valence-corrected chi connectivity index (χ2v) is 11.6. The van der Waals surface area contributed by atoms with E-state index in [0.29, 0.717) is 11.5 Å². The van der Waals surface area contributed by atoms with Crippen LogP contribution in [0.4, 0.5) is 0 Å². The smallest absolute Gasteiger partial charge is 0.227 e. The highest BCUT2D eigenvalue weighted by Gasteiger charge is 2.13. The van der Waals surface area contributed by atoms with Crippen molar-refractivity contribution < 1.29 is 4.42 Å². The number of hydrogen-bond donors (Lipinski definition) is 0. The van der Waals surface area contributed by atoms with Crippen molar-refractivity contribution in [2.75, 3.05) is 0 Å². The molecule has 220 valence electrons. The molecule has 5 nitrogen and oxygen atoms in total. The third-order valence-corrected chi connectivity index (χ3v) is 8.61. The predicted molar refractivity (Wildman–Crippen MR) is 190 cm³/mol. The first kappa shape index (κ1) is 26.9. The van der Waals surface area contributed by atoms with Crippen molar-refractivity contribution in [2.45, 2.75) is 0 Å². The first-order valence-electron chi connectivity index (χ1n) is 15.5. The molecule has 9 rings (SSSR count). The lowest BCUT2D eigenvalue weighted by molar-refractivity contribution is 0.656. The summed E-state index contributed by atoms with van der Waals surface area (Å²) in [5.41, 5.74) is 11.6. The molecule has 0 radical (unpaired) electrons. The second-order valence-electron chi connectivity index (χ2n) is 11.6. The third-order valence-electron chi connectivity index (χ3n) is 8.61. The molecule has 0 bridgehead atoms. The summed E-state index contributed by atoms with van der Waals surface area (Å²) >= 11 is 0. The Morgan fingerprint density at radius 2 is 1.06 bits per heavy atom. The number of aromatic nitrogens is 4. The van der Waals surface area contributed by atoms with Crippen molar-refractivity contribution in [3.63, 3.8) is 0 Å². The van der Waals surface area contributed by atoms with Gasteiger partial charge >= 0.3 is 0 Å². The third kappa shape index (κ3) is 5.00. The van der Waals surface area contributed by atoms with Crippen molar-refractivity contribution in [2.24, 2.45) is 0 Å². The summed E-state index contributed by atoms with van der Waals surface area (Å²) in [6.07, 6.45) is 3.67. The molecule has 5 heteroatoms. The fraction of sp³-hybridized carbons (Fsp3) is 0. The molecule has 0 aliphatic carbocycles. The standard InChI is InChI=1S/C42H26N4O/c1-2-7-31(8-3-1)41-44-38(25-39(45-41)30-18-14-28(15-19-30)34-10-6-22-43-26-34)29-16-12-27(13-17-29)32-20-21-40-35(23-32)36-24-33-9-4-5-11-37(33)46-42(36)47-40/h1-26H. The summed E-state index contributed by atoms with van der Waals surface area (Å²) in [5, 5.41) is 3.18. The minimum atomic E-state index is 0.659. The minimum absolute atomic E-state index is 0.659. The van der Waals surface area contributed by atoms with Crippen molar-refractivity contribution in [1.29, 1.82) is 0 Å². The SMILES string of the molecule is c1ccc(-c2nc(-c3ccc(-c4cccnc4)cc3)cc(-c3ccc(-c4ccc5oc6nc7ccccc7cc6c5c4)cc3)n2)cc1. The molecule has 0 atom stereocenters. The lowest BCUT2D eigenvalue weighted by Gasteiger charge is -2.11. The number of pyridine rings is 2. The highest BCUT2D eigenvalue weighted by molar-refractivity contribution is 6.08. The molecule has 0 amide bonds. The van der Waals surface area contributed by atoms with Crippen LogP contribution >= 0.6 is 0 Å². The Morgan fingerprint density at radius 1 is 0.426 bits per heavy atom. The van der Waals surface area contributed by atoms with E-state index in [9.17, 15) is 0 Å². The number of para-hydroxylation sites is 1. The molecule has 4 aromatic heterocycles. The van der Waals surface area contributed by atoms with E-state index >= 15 is 0 Å². The van der Waals surface area contributed by atoms with Crippen LogP contribution in [0.15, 0.2) is 162 Å². The van der Waals surface area contributed by atoms with E-state index in [0.717, 1.165) is 77.6 Å². The summed E-state index contributed by atoms with van der Waals surface area (Å²) in [5.74, 6) is 0.692. The molecule has 0 fully saturated rings. The highest BCUT2D eigenvalue weighted by atomic mass is 16.3. The van der Waals surface area contributed by atoms with Crippen LogP contribution in [-0.2, 0) is 0 Å². The van der Waals surface area contributed by atoms with Crippen LogP contribution in [-0.4, -0.2) is 19.9 Å². The molecule has 0 aliphatic rings. The maximum Gasteiger partial charge on any atom is 0.227 e. The van der Waals surface area contributed by atoms with Crippen molar-refractivity contribution in [3.8, 4) is 56.2 Å². The van der Waals surface area contributed by atoms with Crippen LogP contribution in [0.1, 0.15) is 0 Å². The molecule has 0 saturated carbocycles. The maximum absolute atomic E-state index is 6.12. The fourth-order valence-electron chi connectivity index (χ4n) is 6.14. The van der Waals surface area contributed by atoms with Gasteiger partial charge in [-0.15, -0.1) is 0 Å². The monoisotopic (exact) mass is 602 g/mol. The van der Waals surface area contributed by atoms with Gasteiger partial charge in [-0.25, -0.2) is 15.0 Å². The first-order chi connectivity index (χ1) is 23.2. The molecule has 4 heterocycles. The number of rotatable bonds is 5. The van der Waals surface area contributed by atoms with Gasteiger partial charge in [-0.1, -0.05) is 109 Å². The average Bonchev–Trinajstić information content (AvgIpc) is 3.51. The van der Waals surface area contributed by atoms with Gasteiger partial charge < -0.3 is 4.42 Å². The van der Waals surface area contributed by atoms with E-state index in [-0.39, 0.29) is 0 Å². The van der Waals surface area contributed by atoms with Gasteiger partial charge in [0.1, 0.15) is 5.58 Å². The molecule has 0 N–H and O–H groups in total. The van der Waals surface area contributed by atoms with Crippen LogP contribution in [0.2, 0.25) is 0 Å². The van der Waals surface area contributed by atoms with Gasteiger partial charge in [-0.3, -0.25) is 4.98 Å². The minimum Gasteiger partial charge on any atom is -0.438 e. The first-order valence-corrected chi connectivity index (χ1v) is 15.5. The molecule has 9 aromatic rings. The van der Waals surface area contributed by atoms with Crippen molar-refractivity contribution >= 4 is 33.0 Å². The Bertz CT molecular complexity index is 2540. The summed E-state index contributed by atoms with van der Waals surface area (Å²) < 4.78 is 6.12. The molecule has 0 saturated heterocycles. The number of furan rings is 1. The quantitative estimate of drug-likeness (QED) is 0.196. The lowest BCUT2D eigenvalue weighted by Crippen LogP contribution is -1.96. The zero-order chi connectivity index (χ0) is 31.2. The average molecular weight is 603 g/mol. The van der Waals surface area contributed by atoms with Gasteiger partial charge in [0.2, 0.25) is 5.71 Å². The van der Waals surface area contributed by atoms with E-state index < -0.39 is 0 Å². The lowest BCUT2D eigenvalue weighted by atomic mass is 9.99. The fourth-order valence-corrected chi connectivity index (χ4v) is 6.14. The van der Waals surface area contributed by atoms with Crippen LogP contribution < -0.4 is 0 Å². The molecular weight excluding hydrogens is 576 g/mol. The van der Waals surface area contributed by atoms with Crippen LogP contribution in [0.3, 0.4) is 0 Å². The normalized spacial score (nSPS) is 11.4. The summed E-state index contributed by atoms with van der Waals surface area (Å²) in [4.78, 5) is 19.0. The number of hydrogen-bond acceptors (Lipinski definition) is 5. The van der Waals surface area contributed by atoms with Gasteiger partial charge in [0.05, 0.1) is 16.9 Å². The Balaban J connectivity index is 1.09. The zero-order valence-corrected chi connectivity index (χ0v) is 25.2. The van der Waals surface area contributed by atoms with Crippen LogP contribution in [0.5, 0.6) is 0 Å². The second kappa shape index (κ2) is 11.2. The van der Waals surface area contributed by atoms with Gasteiger partial charge in [-0.2, -0.15) is 0 Å². The summed E-state index contributed by atoms with van der Waals surface area (Å²) in [6.45, 7) is 0. The Hall–Kier alpha value is -6.46. The summed E-state index contributed by atoms with van der Waals surface area (Å²) in [7, 11) is 0. The Labute approximate surface area is 270 Å². The molecule has 47 heavy (non-hydrogen) atoms. The number of benzene rings is 5. The zero-order valence-electron chi connectivity index (χ0n) is 25.2. The molecule has 0 aliphatic heterocycles. The molecular formula is C42H26N4O. The van der Waals surface area contributed by atoms with Gasteiger partial charge in [0.25, 0.3) is 0 Å². The predicted octanol–water partition coefficient (Wildman–Crippen LogP) is 10.7. The van der Waals surface area contributed by atoms with E-state index in [2.05, 4.69) is 89.9 Å². The Morgan fingerprint density at radius 3 is 1.79 bits per heavy atom. The number of fused-ring (bicyclic) bond motifs is 4. The van der Waals surface area contributed by atoms with E-state index in [4.69, 9.17) is 19.4 Å². The van der Waals surface area contributed by atoms with Crippen molar-refractivity contribution in [1.82, 2.24) is 19.9 Å². The largest absolute Gasteiger partial charge is 0.438 e. The number of nitrogens with zero attached hydrogens (tertiary/aromatic N) is 4. The molecule has 0 unspecified atom stereocenters. The summed E-state index contributed by atoms with van der Waals surface area (Å²) in [6, 6.07) is 49.9. The maximum atomic E-state index is 6.12. The highest BCUT2D eigenvalue weighted by Crippen LogP contribution is 2.35.